The summed E-state index contributed by atoms with van der Waals surface area (Å²) < 4.78 is 0. The minimum absolute atomic E-state index is 0.0437. The average molecular weight is 205 g/mol. The Kier molecular flexibility index (Phi) is 6.14. The maximum atomic E-state index is 11.0. The van der Waals surface area contributed by atoms with Crippen LogP contribution in [-0.2, 0) is 9.59 Å². The van der Waals surface area contributed by atoms with E-state index in [9.17, 15) is 9.59 Å². The molecule has 3 nitrogen and oxygen atoms in total. The lowest BCUT2D eigenvalue weighted by atomic mass is 10.1. The highest BCUT2D eigenvalue weighted by atomic mass is 32.0. The molecule has 0 heterocycles. The van der Waals surface area contributed by atoms with Crippen molar-refractivity contribution in [3.05, 3.63) is 12.2 Å². The molecule has 0 saturated carbocycles. The topological polar surface area (TPSA) is 46.2 Å². The summed E-state index contributed by atoms with van der Waals surface area (Å²) in [5.41, 5.74) is 0.344. The van der Waals surface area contributed by atoms with Crippen molar-refractivity contribution in [2.45, 2.75) is 19.8 Å². The van der Waals surface area contributed by atoms with Gasteiger partial charge in [0, 0.05) is 18.4 Å². The Morgan fingerprint density at radius 3 is 2.58 bits per heavy atom. The molecule has 0 aliphatic carbocycles. The summed E-state index contributed by atoms with van der Waals surface area (Å²) in [5, 5.41) is 2.57. The van der Waals surface area contributed by atoms with Gasteiger partial charge in [0.1, 0.15) is 5.78 Å². The van der Waals surface area contributed by atoms with Gasteiger partial charge in [-0.2, -0.15) is 0 Å². The van der Waals surface area contributed by atoms with Crippen LogP contribution in [0.3, 0.4) is 0 Å². The highest BCUT2D eigenvalue weighted by Gasteiger charge is 2.08. The SMILES string of the molecule is C=C(CC(=O)CC)C(=O)NPP. The third-order valence-corrected chi connectivity index (χ3v) is 2.12. The summed E-state index contributed by atoms with van der Waals surface area (Å²) in [4.78, 5) is 21.9. The Balaban J connectivity index is 3.87. The zero-order valence-corrected chi connectivity index (χ0v) is 9.17. The van der Waals surface area contributed by atoms with E-state index in [1.165, 1.54) is 0 Å². The largest absolute Gasteiger partial charge is 0.331 e. The molecule has 2 atom stereocenters. The molecule has 0 radical (unpaired) electrons. The van der Waals surface area contributed by atoms with Gasteiger partial charge in [-0.15, -0.1) is 0 Å². The van der Waals surface area contributed by atoms with Gasteiger partial charge in [0.25, 0.3) is 0 Å². The van der Waals surface area contributed by atoms with E-state index < -0.39 is 0 Å². The first-order valence-corrected chi connectivity index (χ1v) is 6.38. The molecule has 0 aliphatic rings. The molecule has 0 saturated heterocycles. The molecule has 1 N–H and O–H groups in total. The first-order valence-electron chi connectivity index (χ1n) is 3.57. The molecule has 0 fully saturated rings. The summed E-state index contributed by atoms with van der Waals surface area (Å²) >= 11 is 0. The van der Waals surface area contributed by atoms with Crippen LogP contribution in [0.2, 0.25) is 0 Å². The summed E-state index contributed by atoms with van der Waals surface area (Å²) in [5.74, 6) is -0.188. The molecule has 0 aromatic carbocycles. The highest BCUT2D eigenvalue weighted by molar-refractivity contribution is 8.02. The van der Waals surface area contributed by atoms with Crippen molar-refractivity contribution in [2.24, 2.45) is 0 Å². The zero-order valence-electron chi connectivity index (χ0n) is 7.02. The molecule has 0 spiro atoms. The summed E-state index contributed by atoms with van der Waals surface area (Å²) in [6, 6.07) is 0. The van der Waals surface area contributed by atoms with E-state index >= 15 is 0 Å². The van der Waals surface area contributed by atoms with Gasteiger partial charge in [-0.3, -0.25) is 9.59 Å². The average Bonchev–Trinajstić information content (AvgIpc) is 2.04. The second-order valence-corrected chi connectivity index (χ2v) is 3.68. The van der Waals surface area contributed by atoms with E-state index in [1.54, 1.807) is 6.92 Å². The van der Waals surface area contributed by atoms with E-state index in [0.29, 0.717) is 12.0 Å². The molecule has 0 aromatic heterocycles. The van der Waals surface area contributed by atoms with Gasteiger partial charge in [0.2, 0.25) is 5.91 Å². The molecule has 0 rings (SSSR count). The van der Waals surface area contributed by atoms with Crippen molar-refractivity contribution < 1.29 is 9.59 Å². The molecular formula is C7H13NO2P2. The smallest absolute Gasteiger partial charge is 0.250 e. The quantitative estimate of drug-likeness (QED) is 0.544. The van der Waals surface area contributed by atoms with Crippen LogP contribution in [0.1, 0.15) is 19.8 Å². The monoisotopic (exact) mass is 205 g/mol. The predicted molar refractivity (Wildman–Crippen MR) is 55.2 cm³/mol. The third kappa shape index (κ3) is 4.58. The van der Waals surface area contributed by atoms with Gasteiger partial charge in [-0.05, 0) is 8.42 Å². The van der Waals surface area contributed by atoms with Crippen LogP contribution >= 0.6 is 17.3 Å². The molecular weight excluding hydrogens is 192 g/mol. The molecule has 68 valence electrons. The molecule has 0 aliphatic heterocycles. The Morgan fingerprint density at radius 1 is 1.58 bits per heavy atom. The van der Waals surface area contributed by atoms with Crippen LogP contribution in [0.4, 0.5) is 0 Å². The number of rotatable bonds is 5. The minimum atomic E-state index is -0.231. The van der Waals surface area contributed by atoms with Crippen LogP contribution in [0.5, 0.6) is 0 Å². The van der Waals surface area contributed by atoms with Crippen LogP contribution in [0, 0.1) is 0 Å². The van der Waals surface area contributed by atoms with Crippen molar-refractivity contribution in [1.82, 2.24) is 5.09 Å². The van der Waals surface area contributed by atoms with Gasteiger partial charge < -0.3 is 5.09 Å². The molecule has 12 heavy (non-hydrogen) atoms. The number of nitrogens with one attached hydrogen (secondary N) is 1. The maximum absolute atomic E-state index is 11.0. The van der Waals surface area contributed by atoms with Gasteiger partial charge in [-0.25, -0.2) is 0 Å². The van der Waals surface area contributed by atoms with E-state index in [2.05, 4.69) is 20.6 Å². The van der Waals surface area contributed by atoms with Crippen molar-refractivity contribution in [2.75, 3.05) is 0 Å². The van der Waals surface area contributed by atoms with E-state index in [0.717, 1.165) is 0 Å². The Labute approximate surface area is 76.3 Å². The summed E-state index contributed by atoms with van der Waals surface area (Å²) in [7, 11) is 2.67. The second kappa shape index (κ2) is 6.28. The van der Waals surface area contributed by atoms with Crippen LogP contribution in [0.25, 0.3) is 0 Å². The normalized spacial score (nSPS) is 10.2. The Morgan fingerprint density at radius 2 is 2.17 bits per heavy atom. The molecule has 0 bridgehead atoms. The molecule has 5 heteroatoms. The number of amides is 1. The number of hydrogen-bond acceptors (Lipinski definition) is 2. The van der Waals surface area contributed by atoms with Gasteiger partial charge in [-0.1, -0.05) is 22.4 Å². The number of carbonyl (C=O) groups excluding carboxylic acids is 2. The van der Waals surface area contributed by atoms with Crippen molar-refractivity contribution in [3.63, 3.8) is 0 Å². The highest BCUT2D eigenvalue weighted by Crippen LogP contribution is 2.15. The third-order valence-electron chi connectivity index (χ3n) is 1.31. The van der Waals surface area contributed by atoms with E-state index in [4.69, 9.17) is 0 Å². The summed E-state index contributed by atoms with van der Waals surface area (Å²) in [6.45, 7) is 5.29. The molecule has 1 amide bonds. The van der Waals surface area contributed by atoms with Gasteiger partial charge in [0.05, 0.1) is 0 Å². The number of hydrogen-bond donors (Lipinski definition) is 1. The van der Waals surface area contributed by atoms with Crippen LogP contribution in [-0.4, -0.2) is 11.7 Å². The summed E-state index contributed by atoms with van der Waals surface area (Å²) in [6.07, 6.45) is 0.618. The Bertz CT molecular complexity index is 204. The lowest BCUT2D eigenvalue weighted by Crippen LogP contribution is -2.16. The first-order chi connectivity index (χ1) is 5.61. The van der Waals surface area contributed by atoms with E-state index in [1.807, 2.05) is 0 Å². The fraction of sp³-hybridized carbons (Fsp3) is 0.429. The van der Waals surface area contributed by atoms with Crippen LogP contribution in [0.15, 0.2) is 12.2 Å². The standard InChI is InChI=1S/C7H13NO2P2/c1-3-6(9)4-5(2)7(10)8-12-11/h12H,2-4,11H2,1H3,(H,8,10). The van der Waals surface area contributed by atoms with Gasteiger partial charge in [0.15, 0.2) is 0 Å². The lowest BCUT2D eigenvalue weighted by molar-refractivity contribution is -0.121. The van der Waals surface area contributed by atoms with Gasteiger partial charge >= 0.3 is 0 Å². The number of carbonyl (C=O) groups is 2. The first kappa shape index (κ1) is 11.7. The fourth-order valence-electron chi connectivity index (χ4n) is 0.597. The van der Waals surface area contributed by atoms with Crippen molar-refractivity contribution in [1.29, 1.82) is 0 Å². The maximum Gasteiger partial charge on any atom is 0.250 e. The minimum Gasteiger partial charge on any atom is -0.331 e. The van der Waals surface area contributed by atoms with Crippen molar-refractivity contribution in [3.8, 4) is 0 Å². The lowest BCUT2D eigenvalue weighted by Gasteiger charge is -2.03. The zero-order chi connectivity index (χ0) is 9.56. The fourth-order valence-corrected chi connectivity index (χ4v) is 1.30. The Hall–Kier alpha value is -0.260. The van der Waals surface area contributed by atoms with E-state index in [-0.39, 0.29) is 26.5 Å². The second-order valence-electron chi connectivity index (χ2n) is 2.27. The molecule has 2 unspecified atom stereocenters. The molecule has 0 aromatic rings. The predicted octanol–water partition coefficient (Wildman–Crippen LogP) is 1.41. The van der Waals surface area contributed by atoms with Crippen molar-refractivity contribution >= 4 is 29.0 Å². The number of Topliss-reactive ketones (excluding diaryl/α,β-unsaturated/α-hetero) is 1. The number of ketones is 1. The van der Waals surface area contributed by atoms with Crippen LogP contribution < -0.4 is 5.09 Å².